The third-order valence-electron chi connectivity index (χ3n) is 4.45. The van der Waals surface area contributed by atoms with Crippen molar-refractivity contribution >= 4 is 46.2 Å². The molecular formula is C22H17BBrN8O2+. The van der Waals surface area contributed by atoms with E-state index in [4.69, 9.17) is 10.0 Å². The van der Waals surface area contributed by atoms with Gasteiger partial charge in [-0.1, -0.05) is 0 Å². The summed E-state index contributed by atoms with van der Waals surface area (Å²) in [5.74, 6) is 0.809. The van der Waals surface area contributed by atoms with E-state index in [1.165, 1.54) is 12.4 Å². The fourth-order valence-corrected chi connectivity index (χ4v) is 3.10. The van der Waals surface area contributed by atoms with Gasteiger partial charge in [-0.25, -0.2) is 9.98 Å². The van der Waals surface area contributed by atoms with E-state index in [1.54, 1.807) is 49.3 Å². The van der Waals surface area contributed by atoms with Gasteiger partial charge in [0, 0.05) is 53.9 Å². The fraction of sp³-hybridized carbons (Fsp3) is 0. The van der Waals surface area contributed by atoms with Crippen LogP contribution >= 0.6 is 15.9 Å². The van der Waals surface area contributed by atoms with E-state index in [-0.39, 0.29) is 0 Å². The molecule has 34 heavy (non-hydrogen) atoms. The molecular weight excluding hydrogens is 499 g/mol. The third kappa shape index (κ3) is 6.03. The normalized spacial score (nSPS) is 13.0. The molecule has 0 saturated heterocycles. The minimum absolute atomic E-state index is 0.463. The molecule has 6 heterocycles. The molecule has 0 unspecified atom stereocenters. The van der Waals surface area contributed by atoms with Gasteiger partial charge in [-0.2, -0.15) is 4.90 Å². The van der Waals surface area contributed by atoms with Crippen molar-refractivity contribution in [1.29, 1.82) is 0 Å². The first-order valence-electron chi connectivity index (χ1n) is 9.91. The number of aliphatic imine (C=N–C) groups is 2. The number of imidazole rings is 1. The maximum absolute atomic E-state index is 8.55. The standard InChI is InChI=1S/C11H8N4.C6H3BrN3.C5H6BNO2/c1-3-12-4-2-9(1)10-8-15-6-5-13-11(15)7-14-10;7-5-4-10-2-1-8-6(10)3-9-5;8-6(9)5-1-3-7-4-2-5/h1-8H;2-4H;1-4,8-9H/q;+1;. The van der Waals surface area contributed by atoms with Gasteiger partial charge >= 0.3 is 13.0 Å². The van der Waals surface area contributed by atoms with Crippen LogP contribution in [-0.4, -0.2) is 58.5 Å². The van der Waals surface area contributed by atoms with Gasteiger partial charge in [0.1, 0.15) is 4.61 Å². The Hall–Kier alpha value is -4.09. The summed E-state index contributed by atoms with van der Waals surface area (Å²) >= 11 is 3.24. The van der Waals surface area contributed by atoms with Crippen LogP contribution in [0.2, 0.25) is 0 Å². The summed E-state index contributed by atoms with van der Waals surface area (Å²) < 4.78 is 2.74. The van der Waals surface area contributed by atoms with E-state index in [2.05, 4.69) is 52.1 Å². The van der Waals surface area contributed by atoms with Crippen molar-refractivity contribution in [3.63, 3.8) is 0 Å². The molecule has 6 rings (SSSR count). The number of hydrogen-bond donors (Lipinski definition) is 2. The number of amidine groups is 1. The van der Waals surface area contributed by atoms with E-state index in [0.29, 0.717) is 5.46 Å². The van der Waals surface area contributed by atoms with Gasteiger partial charge in [0.15, 0.2) is 18.1 Å². The smallest absolute Gasteiger partial charge is 0.423 e. The number of rotatable bonds is 2. The van der Waals surface area contributed by atoms with Crippen molar-refractivity contribution in [1.82, 2.24) is 29.2 Å². The van der Waals surface area contributed by atoms with Crippen LogP contribution in [0.4, 0.5) is 0 Å². The second kappa shape index (κ2) is 11.2. The number of nitrogens with zero attached hydrogens (tertiary/aromatic N) is 8. The molecule has 2 N–H and O–H groups in total. The van der Waals surface area contributed by atoms with Gasteiger partial charge < -0.3 is 14.4 Å². The van der Waals surface area contributed by atoms with Gasteiger partial charge in [-0.15, -0.1) is 0 Å². The Morgan fingerprint density at radius 1 is 0.941 bits per heavy atom. The zero-order valence-electron chi connectivity index (χ0n) is 17.6. The first kappa shape index (κ1) is 23.1. The van der Waals surface area contributed by atoms with Crippen molar-refractivity contribution in [3.05, 3.63) is 97.0 Å². The molecule has 4 aromatic heterocycles. The highest BCUT2D eigenvalue weighted by molar-refractivity contribution is 9.11. The van der Waals surface area contributed by atoms with E-state index in [1.807, 2.05) is 40.0 Å². The van der Waals surface area contributed by atoms with Crippen molar-refractivity contribution in [2.24, 2.45) is 9.98 Å². The molecule has 2 aliphatic heterocycles. The monoisotopic (exact) mass is 515 g/mol. The topological polar surface area (TPSA) is 124 Å². The molecule has 10 nitrogen and oxygen atoms in total. The molecule has 0 aliphatic carbocycles. The Kier molecular flexibility index (Phi) is 7.58. The largest absolute Gasteiger partial charge is 0.488 e. The molecule has 0 amide bonds. The summed E-state index contributed by atoms with van der Waals surface area (Å²) in [4.78, 5) is 25.9. The summed E-state index contributed by atoms with van der Waals surface area (Å²) in [5.41, 5.74) is 3.29. The molecule has 0 spiro atoms. The summed E-state index contributed by atoms with van der Waals surface area (Å²) in [6.45, 7) is 0. The minimum Gasteiger partial charge on any atom is -0.423 e. The van der Waals surface area contributed by atoms with Crippen LogP contribution in [-0.2, 0) is 0 Å². The average molecular weight is 516 g/mol. The maximum Gasteiger partial charge on any atom is 0.488 e. The van der Waals surface area contributed by atoms with Gasteiger partial charge in [-0.3, -0.25) is 15.0 Å². The van der Waals surface area contributed by atoms with Crippen molar-refractivity contribution in [2.75, 3.05) is 0 Å². The highest BCUT2D eigenvalue weighted by Gasteiger charge is 2.23. The molecule has 0 fully saturated rings. The second-order valence-corrected chi connectivity index (χ2v) is 7.51. The summed E-state index contributed by atoms with van der Waals surface area (Å²) in [7, 11) is -1.38. The molecule has 0 aromatic carbocycles. The van der Waals surface area contributed by atoms with Crippen LogP contribution in [0.5, 0.6) is 0 Å². The minimum atomic E-state index is -1.38. The predicted octanol–water partition coefficient (Wildman–Crippen LogP) is 1.81. The molecule has 0 atom stereocenters. The Bertz CT molecular complexity index is 1360. The number of aromatic nitrogens is 5. The lowest BCUT2D eigenvalue weighted by atomic mass is 9.81. The number of pyridine rings is 2. The number of hydrogen-bond acceptors (Lipinski definition) is 9. The highest BCUT2D eigenvalue weighted by Crippen LogP contribution is 2.16. The molecule has 0 radical (unpaired) electrons. The Labute approximate surface area is 203 Å². The fourth-order valence-electron chi connectivity index (χ4n) is 2.78. The lowest BCUT2D eigenvalue weighted by Crippen LogP contribution is -2.29. The van der Waals surface area contributed by atoms with Crippen LogP contribution in [0.25, 0.3) is 16.9 Å². The second-order valence-electron chi connectivity index (χ2n) is 6.70. The molecule has 12 heteroatoms. The quantitative estimate of drug-likeness (QED) is 0.237. The van der Waals surface area contributed by atoms with E-state index in [9.17, 15) is 0 Å². The van der Waals surface area contributed by atoms with Crippen molar-refractivity contribution < 1.29 is 10.0 Å². The zero-order chi connectivity index (χ0) is 23.8. The average Bonchev–Trinajstić information content (AvgIpc) is 3.54. The van der Waals surface area contributed by atoms with Gasteiger partial charge in [-0.05, 0) is 45.7 Å². The van der Waals surface area contributed by atoms with Crippen molar-refractivity contribution in [3.8, 4) is 11.3 Å². The number of halogens is 1. The van der Waals surface area contributed by atoms with Crippen molar-refractivity contribution in [2.45, 2.75) is 0 Å². The van der Waals surface area contributed by atoms with Gasteiger partial charge in [0.2, 0.25) is 6.20 Å². The Morgan fingerprint density at radius 2 is 1.68 bits per heavy atom. The van der Waals surface area contributed by atoms with E-state index >= 15 is 0 Å². The third-order valence-corrected chi connectivity index (χ3v) is 4.86. The first-order chi connectivity index (χ1) is 16.6. The first-order valence-corrected chi connectivity index (χ1v) is 10.7. The van der Waals surface area contributed by atoms with E-state index in [0.717, 1.165) is 27.3 Å². The molecule has 166 valence electrons. The SMILES string of the molecule is BrC1=CN2C=[C+]N=C2C=N1.OB(O)c1ccncc1.c1cc(-c2cn3ccnc3cn2)ccn1. The summed E-state index contributed by atoms with van der Waals surface area (Å²) in [5, 5.41) is 17.1. The molecule has 4 aromatic rings. The van der Waals surface area contributed by atoms with Crippen LogP contribution in [0, 0.1) is 6.20 Å². The highest BCUT2D eigenvalue weighted by atomic mass is 79.9. The lowest BCUT2D eigenvalue weighted by Gasteiger charge is -2.03. The molecule has 2 aliphatic rings. The number of fused-ring (bicyclic) bond motifs is 2. The summed E-state index contributed by atoms with van der Waals surface area (Å²) in [6, 6.07) is 6.96. The Balaban J connectivity index is 0.000000127. The summed E-state index contributed by atoms with van der Waals surface area (Å²) in [6.07, 6.45) is 21.9. The van der Waals surface area contributed by atoms with Crippen LogP contribution in [0.15, 0.2) is 101 Å². The molecule has 0 bridgehead atoms. The van der Waals surface area contributed by atoms with Crippen LogP contribution in [0.1, 0.15) is 0 Å². The van der Waals surface area contributed by atoms with E-state index < -0.39 is 7.12 Å². The lowest BCUT2D eigenvalue weighted by molar-refractivity contribution is 0.425. The Morgan fingerprint density at radius 3 is 2.38 bits per heavy atom. The molecule has 0 saturated carbocycles. The zero-order valence-corrected chi connectivity index (χ0v) is 19.2. The van der Waals surface area contributed by atoms with Crippen LogP contribution in [0.3, 0.4) is 0 Å². The van der Waals surface area contributed by atoms with Gasteiger partial charge in [0.05, 0.1) is 18.1 Å². The predicted molar refractivity (Wildman–Crippen MR) is 133 cm³/mol. The van der Waals surface area contributed by atoms with Gasteiger partial charge in [0.25, 0.3) is 0 Å². The maximum atomic E-state index is 8.55. The van der Waals surface area contributed by atoms with Crippen LogP contribution < -0.4 is 5.46 Å².